The molecule has 0 saturated heterocycles. The molecule has 1 aromatic heterocycles. The Kier molecular flexibility index (Phi) is 5.18. The molecule has 3 aromatic rings. The number of benzene rings is 2. The Hall–Kier alpha value is -3.26. The lowest BCUT2D eigenvalue weighted by atomic mass is 10.1. The molecule has 27 heavy (non-hydrogen) atoms. The van der Waals surface area contributed by atoms with Crippen molar-refractivity contribution >= 4 is 16.6 Å². The molecule has 0 fully saturated rings. The average molecular weight is 369 g/mol. The van der Waals surface area contributed by atoms with Crippen LogP contribution in [0, 0.1) is 24.0 Å². The van der Waals surface area contributed by atoms with Gasteiger partial charge in [0.25, 0.3) is 11.2 Å². The summed E-state index contributed by atoms with van der Waals surface area (Å²) in [5.74, 6) is 0.705. The first-order valence-corrected chi connectivity index (χ1v) is 8.37. The van der Waals surface area contributed by atoms with E-state index in [0.29, 0.717) is 11.3 Å². The van der Waals surface area contributed by atoms with Gasteiger partial charge < -0.3 is 9.84 Å². The van der Waals surface area contributed by atoms with Crippen molar-refractivity contribution in [2.45, 2.75) is 26.5 Å². The summed E-state index contributed by atoms with van der Waals surface area (Å²) >= 11 is 0. The van der Waals surface area contributed by atoms with Crippen molar-refractivity contribution in [1.82, 2.24) is 9.55 Å². The zero-order chi connectivity index (χ0) is 19.6. The maximum atomic E-state index is 12.6. The fourth-order valence-corrected chi connectivity index (χ4v) is 2.88. The number of aliphatic hydroxyl groups excluding tert-OH is 1. The van der Waals surface area contributed by atoms with Gasteiger partial charge in [-0.2, -0.15) is 0 Å². The van der Waals surface area contributed by atoms with Crippen molar-refractivity contribution in [3.8, 4) is 5.75 Å². The average Bonchev–Trinajstić information content (AvgIpc) is 2.63. The lowest BCUT2D eigenvalue weighted by Crippen LogP contribution is -2.30. The maximum Gasteiger partial charge on any atom is 0.270 e. The highest BCUT2D eigenvalue weighted by Crippen LogP contribution is 2.22. The number of hydrogen-bond donors (Lipinski definition) is 1. The SMILES string of the molecule is Cc1cccc(C)c1OC[C@@H](O)Cn1cnc2ccc([N+](=O)[O-])cc2c1=O. The molecule has 3 rings (SSSR count). The molecule has 0 amide bonds. The van der Waals surface area contributed by atoms with E-state index in [1.54, 1.807) is 0 Å². The van der Waals surface area contributed by atoms with E-state index in [-0.39, 0.29) is 24.2 Å². The maximum absolute atomic E-state index is 12.6. The van der Waals surface area contributed by atoms with E-state index in [4.69, 9.17) is 4.74 Å². The van der Waals surface area contributed by atoms with Gasteiger partial charge >= 0.3 is 0 Å². The molecule has 1 heterocycles. The third-order valence-electron chi connectivity index (χ3n) is 4.25. The quantitative estimate of drug-likeness (QED) is 0.528. The lowest BCUT2D eigenvalue weighted by Gasteiger charge is -2.16. The number of aromatic nitrogens is 2. The number of aliphatic hydroxyl groups is 1. The zero-order valence-electron chi connectivity index (χ0n) is 15.0. The molecule has 0 aliphatic heterocycles. The number of nitrogens with zero attached hydrogens (tertiary/aromatic N) is 3. The summed E-state index contributed by atoms with van der Waals surface area (Å²) < 4.78 is 6.93. The number of ether oxygens (including phenoxy) is 1. The lowest BCUT2D eigenvalue weighted by molar-refractivity contribution is -0.384. The van der Waals surface area contributed by atoms with Crippen LogP contribution >= 0.6 is 0 Å². The van der Waals surface area contributed by atoms with E-state index in [1.807, 2.05) is 32.0 Å². The Balaban J connectivity index is 1.78. The summed E-state index contributed by atoms with van der Waals surface area (Å²) in [7, 11) is 0. The molecule has 140 valence electrons. The molecule has 8 nitrogen and oxygen atoms in total. The molecule has 0 spiro atoms. The monoisotopic (exact) mass is 369 g/mol. The van der Waals surface area contributed by atoms with E-state index in [2.05, 4.69) is 4.98 Å². The van der Waals surface area contributed by atoms with Crippen LogP contribution in [0.1, 0.15) is 11.1 Å². The Bertz CT molecular complexity index is 1040. The van der Waals surface area contributed by atoms with Gasteiger partial charge in [-0.05, 0) is 31.0 Å². The van der Waals surface area contributed by atoms with Crippen LogP contribution in [0.3, 0.4) is 0 Å². The van der Waals surface area contributed by atoms with Gasteiger partial charge in [0.15, 0.2) is 0 Å². The Morgan fingerprint density at radius 3 is 2.63 bits per heavy atom. The van der Waals surface area contributed by atoms with E-state index in [0.717, 1.165) is 11.1 Å². The van der Waals surface area contributed by atoms with Crippen LogP contribution in [0.2, 0.25) is 0 Å². The summed E-state index contributed by atoms with van der Waals surface area (Å²) in [5, 5.41) is 21.3. The summed E-state index contributed by atoms with van der Waals surface area (Å²) in [5.41, 5.74) is 1.65. The number of nitro groups is 1. The van der Waals surface area contributed by atoms with E-state index < -0.39 is 16.6 Å². The molecule has 0 saturated carbocycles. The van der Waals surface area contributed by atoms with Crippen LogP contribution in [0.25, 0.3) is 10.9 Å². The third kappa shape index (κ3) is 3.95. The van der Waals surface area contributed by atoms with Crippen LogP contribution in [0.5, 0.6) is 5.75 Å². The molecule has 0 aliphatic carbocycles. The van der Waals surface area contributed by atoms with Crippen molar-refractivity contribution in [2.75, 3.05) is 6.61 Å². The van der Waals surface area contributed by atoms with Gasteiger partial charge in [0.05, 0.1) is 28.7 Å². The molecule has 0 unspecified atom stereocenters. The fraction of sp³-hybridized carbons (Fsp3) is 0.263. The second-order valence-corrected chi connectivity index (χ2v) is 6.35. The predicted octanol–water partition coefficient (Wildman–Crippen LogP) is 2.36. The number of non-ortho nitro benzene ring substituents is 1. The predicted molar refractivity (Wildman–Crippen MR) is 100 cm³/mol. The molecule has 0 radical (unpaired) electrons. The van der Waals surface area contributed by atoms with Gasteiger partial charge in [-0.1, -0.05) is 18.2 Å². The molecule has 2 aromatic carbocycles. The van der Waals surface area contributed by atoms with Crippen molar-refractivity contribution in [3.05, 3.63) is 74.3 Å². The molecule has 1 atom stereocenters. The number of aryl methyl sites for hydroxylation is 2. The first kappa shape index (κ1) is 18.5. The van der Waals surface area contributed by atoms with E-state index >= 15 is 0 Å². The minimum atomic E-state index is -0.945. The number of fused-ring (bicyclic) bond motifs is 1. The highest BCUT2D eigenvalue weighted by Gasteiger charge is 2.14. The van der Waals surface area contributed by atoms with E-state index in [9.17, 15) is 20.0 Å². The van der Waals surface area contributed by atoms with Crippen LogP contribution < -0.4 is 10.3 Å². The van der Waals surface area contributed by atoms with Crippen LogP contribution in [0.15, 0.2) is 47.5 Å². The number of rotatable bonds is 6. The summed E-state index contributed by atoms with van der Waals surface area (Å²) in [6, 6.07) is 9.68. The standard InChI is InChI=1S/C19H19N3O5/c1-12-4-3-5-13(2)18(12)27-10-15(23)9-21-11-20-17-7-6-14(22(25)26)8-16(17)19(21)24/h3-8,11,15,23H,9-10H2,1-2H3/t15-/m0/s1. The number of hydrogen-bond acceptors (Lipinski definition) is 6. The van der Waals surface area contributed by atoms with Crippen LogP contribution in [-0.2, 0) is 6.54 Å². The van der Waals surface area contributed by atoms with Gasteiger partial charge in [0.1, 0.15) is 18.5 Å². The van der Waals surface area contributed by atoms with Crippen LogP contribution in [0.4, 0.5) is 5.69 Å². The molecule has 0 aliphatic rings. The number of para-hydroxylation sites is 1. The Labute approximate surface area is 154 Å². The minimum Gasteiger partial charge on any atom is -0.490 e. The highest BCUT2D eigenvalue weighted by molar-refractivity contribution is 5.79. The van der Waals surface area contributed by atoms with Gasteiger partial charge in [-0.25, -0.2) is 4.98 Å². The normalized spacial score (nSPS) is 12.1. The number of nitro benzene ring substituents is 1. The third-order valence-corrected chi connectivity index (χ3v) is 4.25. The van der Waals surface area contributed by atoms with Crippen LogP contribution in [-0.4, -0.2) is 32.3 Å². The van der Waals surface area contributed by atoms with Gasteiger partial charge in [0.2, 0.25) is 0 Å². The second kappa shape index (κ2) is 7.55. The molecular formula is C19H19N3O5. The van der Waals surface area contributed by atoms with Gasteiger partial charge in [-0.15, -0.1) is 0 Å². The molecule has 1 N–H and O–H groups in total. The van der Waals surface area contributed by atoms with Gasteiger partial charge in [-0.3, -0.25) is 19.5 Å². The molecular weight excluding hydrogens is 350 g/mol. The van der Waals surface area contributed by atoms with Crippen molar-refractivity contribution < 1.29 is 14.8 Å². The summed E-state index contributed by atoms with van der Waals surface area (Å²) in [6.07, 6.45) is 0.373. The topological polar surface area (TPSA) is 107 Å². The first-order chi connectivity index (χ1) is 12.9. The largest absolute Gasteiger partial charge is 0.490 e. The summed E-state index contributed by atoms with van der Waals surface area (Å²) in [6.45, 7) is 3.80. The Morgan fingerprint density at radius 2 is 1.96 bits per heavy atom. The van der Waals surface area contributed by atoms with Crippen molar-refractivity contribution in [3.63, 3.8) is 0 Å². The smallest absolute Gasteiger partial charge is 0.270 e. The zero-order valence-corrected chi connectivity index (χ0v) is 15.0. The van der Waals surface area contributed by atoms with Crippen molar-refractivity contribution in [2.24, 2.45) is 0 Å². The fourth-order valence-electron chi connectivity index (χ4n) is 2.88. The molecule has 0 bridgehead atoms. The highest BCUT2D eigenvalue weighted by atomic mass is 16.6. The minimum absolute atomic E-state index is 0.00507. The van der Waals surface area contributed by atoms with Gasteiger partial charge in [0, 0.05) is 12.1 Å². The molecule has 8 heteroatoms. The Morgan fingerprint density at radius 1 is 1.26 bits per heavy atom. The van der Waals surface area contributed by atoms with E-state index in [1.165, 1.54) is 29.1 Å². The summed E-state index contributed by atoms with van der Waals surface area (Å²) in [4.78, 5) is 27.0. The first-order valence-electron chi connectivity index (χ1n) is 8.37. The van der Waals surface area contributed by atoms with Crippen molar-refractivity contribution in [1.29, 1.82) is 0 Å². The second-order valence-electron chi connectivity index (χ2n) is 6.35.